The van der Waals surface area contributed by atoms with Crippen molar-refractivity contribution in [3.8, 4) is 0 Å². The highest BCUT2D eigenvalue weighted by molar-refractivity contribution is 7.09. The van der Waals surface area contributed by atoms with E-state index in [0.29, 0.717) is 6.04 Å². The van der Waals surface area contributed by atoms with Gasteiger partial charge in [-0.05, 0) is 31.4 Å². The van der Waals surface area contributed by atoms with Crippen molar-refractivity contribution in [2.75, 3.05) is 0 Å². The second-order valence-corrected chi connectivity index (χ2v) is 5.89. The predicted octanol–water partition coefficient (Wildman–Crippen LogP) is 4.25. The summed E-state index contributed by atoms with van der Waals surface area (Å²) >= 11 is 1.72. The van der Waals surface area contributed by atoms with E-state index in [4.69, 9.17) is 0 Å². The average Bonchev–Trinajstić information content (AvgIpc) is 2.83. The average molecular weight is 274 g/mol. The molecule has 0 radical (unpaired) electrons. The fraction of sp³-hybridized carbons (Fsp3) is 0.438. The lowest BCUT2D eigenvalue weighted by Gasteiger charge is -2.14. The number of hydrogen-bond donors (Lipinski definition) is 1. The summed E-state index contributed by atoms with van der Waals surface area (Å²) in [4.78, 5) is 5.61. The van der Waals surface area contributed by atoms with E-state index >= 15 is 0 Å². The molecule has 1 aromatic heterocycles. The second kappa shape index (κ2) is 6.83. The highest BCUT2D eigenvalue weighted by Crippen LogP contribution is 2.17. The normalized spacial score (nSPS) is 12.6. The predicted molar refractivity (Wildman–Crippen MR) is 82.5 cm³/mol. The van der Waals surface area contributed by atoms with Gasteiger partial charge in [0.2, 0.25) is 0 Å². The Bertz CT molecular complexity index is 502. The zero-order valence-corrected chi connectivity index (χ0v) is 12.8. The molecule has 0 saturated heterocycles. The Morgan fingerprint density at radius 2 is 2.00 bits per heavy atom. The van der Waals surface area contributed by atoms with E-state index < -0.39 is 0 Å². The maximum absolute atomic E-state index is 4.28. The van der Waals surface area contributed by atoms with Gasteiger partial charge in [0.25, 0.3) is 0 Å². The highest BCUT2D eigenvalue weighted by Gasteiger charge is 2.07. The summed E-state index contributed by atoms with van der Waals surface area (Å²) < 4.78 is 0. The van der Waals surface area contributed by atoms with Crippen LogP contribution in [0.4, 0.5) is 0 Å². The molecule has 2 nitrogen and oxygen atoms in total. The first kappa shape index (κ1) is 14.2. The molecule has 1 heterocycles. The van der Waals surface area contributed by atoms with Crippen LogP contribution < -0.4 is 5.32 Å². The van der Waals surface area contributed by atoms with E-state index in [1.165, 1.54) is 28.8 Å². The Morgan fingerprint density at radius 3 is 2.58 bits per heavy atom. The van der Waals surface area contributed by atoms with E-state index in [9.17, 15) is 0 Å². The summed E-state index contributed by atoms with van der Waals surface area (Å²) in [6.45, 7) is 7.40. The summed E-state index contributed by atoms with van der Waals surface area (Å²) in [6, 6.07) is 9.34. The van der Waals surface area contributed by atoms with Crippen LogP contribution >= 0.6 is 11.3 Å². The van der Waals surface area contributed by atoms with Gasteiger partial charge in [0, 0.05) is 17.5 Å². The molecule has 1 unspecified atom stereocenters. The standard InChI is InChI=1S/C16H22N2S/c1-4-5-14-6-8-15(9-7-14)12(2)17-10-16-13(3)18-11-19-16/h6-9,11-12,17H,4-5,10H2,1-3H3. The second-order valence-electron chi connectivity index (χ2n) is 4.96. The summed E-state index contributed by atoms with van der Waals surface area (Å²) in [6.07, 6.45) is 2.37. The van der Waals surface area contributed by atoms with E-state index in [1.807, 2.05) is 5.51 Å². The van der Waals surface area contributed by atoms with Gasteiger partial charge in [-0.2, -0.15) is 0 Å². The number of hydrogen-bond acceptors (Lipinski definition) is 3. The third kappa shape index (κ3) is 3.88. The Hall–Kier alpha value is -1.19. The topological polar surface area (TPSA) is 24.9 Å². The van der Waals surface area contributed by atoms with Crippen molar-refractivity contribution < 1.29 is 0 Å². The van der Waals surface area contributed by atoms with Crippen molar-refractivity contribution in [2.45, 2.75) is 46.2 Å². The zero-order valence-electron chi connectivity index (χ0n) is 11.9. The summed E-state index contributed by atoms with van der Waals surface area (Å²) in [7, 11) is 0. The third-order valence-electron chi connectivity index (χ3n) is 3.43. The van der Waals surface area contributed by atoms with Gasteiger partial charge in [0.05, 0.1) is 11.2 Å². The van der Waals surface area contributed by atoms with Crippen molar-refractivity contribution >= 4 is 11.3 Å². The minimum atomic E-state index is 0.372. The molecule has 1 aromatic carbocycles. The van der Waals surface area contributed by atoms with Crippen LogP contribution in [0.5, 0.6) is 0 Å². The summed E-state index contributed by atoms with van der Waals surface area (Å²) in [5, 5.41) is 3.56. The number of nitrogens with zero attached hydrogens (tertiary/aromatic N) is 1. The van der Waals surface area contributed by atoms with Crippen LogP contribution in [0.1, 0.15) is 48.0 Å². The molecule has 0 aliphatic carbocycles. The van der Waals surface area contributed by atoms with Crippen molar-refractivity contribution in [3.63, 3.8) is 0 Å². The van der Waals surface area contributed by atoms with E-state index in [0.717, 1.165) is 12.2 Å². The smallest absolute Gasteiger partial charge is 0.0798 e. The molecule has 0 aliphatic heterocycles. The number of rotatable bonds is 6. The molecular formula is C16H22N2S. The largest absolute Gasteiger partial charge is 0.305 e. The molecule has 0 spiro atoms. The minimum Gasteiger partial charge on any atom is -0.305 e. The molecule has 0 fully saturated rings. The Balaban J connectivity index is 1.92. The highest BCUT2D eigenvalue weighted by atomic mass is 32.1. The SMILES string of the molecule is CCCc1ccc(C(C)NCc2scnc2C)cc1. The summed E-state index contributed by atoms with van der Waals surface area (Å²) in [5.41, 5.74) is 5.83. The maximum atomic E-state index is 4.28. The first-order valence-corrected chi connectivity index (χ1v) is 7.80. The van der Waals surface area contributed by atoms with Crippen molar-refractivity contribution in [3.05, 3.63) is 51.5 Å². The van der Waals surface area contributed by atoms with Gasteiger partial charge in [-0.15, -0.1) is 11.3 Å². The molecule has 0 saturated carbocycles. The van der Waals surface area contributed by atoms with Crippen LogP contribution in [0.15, 0.2) is 29.8 Å². The molecule has 2 aromatic rings. The lowest BCUT2D eigenvalue weighted by molar-refractivity contribution is 0.577. The molecule has 1 atom stereocenters. The molecule has 2 rings (SSSR count). The molecule has 3 heteroatoms. The number of thiazole rings is 1. The molecular weight excluding hydrogens is 252 g/mol. The van der Waals surface area contributed by atoms with E-state index in [1.54, 1.807) is 11.3 Å². The summed E-state index contributed by atoms with van der Waals surface area (Å²) in [5.74, 6) is 0. The third-order valence-corrected chi connectivity index (χ3v) is 4.37. The number of nitrogens with one attached hydrogen (secondary N) is 1. The first-order chi connectivity index (χ1) is 9.20. The fourth-order valence-electron chi connectivity index (χ4n) is 2.12. The lowest BCUT2D eigenvalue weighted by Crippen LogP contribution is -2.17. The van der Waals surface area contributed by atoms with Gasteiger partial charge in [0.1, 0.15) is 0 Å². The van der Waals surface area contributed by atoms with Crippen LogP contribution in [-0.2, 0) is 13.0 Å². The van der Waals surface area contributed by atoms with Gasteiger partial charge in [0.15, 0.2) is 0 Å². The Morgan fingerprint density at radius 1 is 1.26 bits per heavy atom. The first-order valence-electron chi connectivity index (χ1n) is 6.92. The van der Waals surface area contributed by atoms with Crippen LogP contribution in [-0.4, -0.2) is 4.98 Å². The van der Waals surface area contributed by atoms with Gasteiger partial charge < -0.3 is 5.32 Å². The van der Waals surface area contributed by atoms with Crippen molar-refractivity contribution in [1.29, 1.82) is 0 Å². The quantitative estimate of drug-likeness (QED) is 0.851. The molecule has 1 N–H and O–H groups in total. The fourth-order valence-corrected chi connectivity index (χ4v) is 2.85. The van der Waals surface area contributed by atoms with Gasteiger partial charge in [-0.1, -0.05) is 37.6 Å². The van der Waals surface area contributed by atoms with E-state index in [2.05, 4.69) is 55.3 Å². The minimum absolute atomic E-state index is 0.372. The Labute approximate surface area is 119 Å². The van der Waals surface area contributed by atoms with E-state index in [-0.39, 0.29) is 0 Å². The number of aromatic nitrogens is 1. The number of benzene rings is 1. The van der Waals surface area contributed by atoms with Crippen LogP contribution in [0, 0.1) is 6.92 Å². The van der Waals surface area contributed by atoms with Crippen molar-refractivity contribution in [1.82, 2.24) is 10.3 Å². The van der Waals surface area contributed by atoms with Crippen LogP contribution in [0.25, 0.3) is 0 Å². The van der Waals surface area contributed by atoms with Crippen molar-refractivity contribution in [2.24, 2.45) is 0 Å². The Kier molecular flexibility index (Phi) is 5.11. The molecule has 0 aliphatic rings. The molecule has 0 bridgehead atoms. The molecule has 19 heavy (non-hydrogen) atoms. The van der Waals surface area contributed by atoms with Gasteiger partial charge in [-0.3, -0.25) is 0 Å². The number of aryl methyl sites for hydroxylation is 2. The van der Waals surface area contributed by atoms with Gasteiger partial charge in [-0.25, -0.2) is 4.98 Å². The van der Waals surface area contributed by atoms with Crippen LogP contribution in [0.2, 0.25) is 0 Å². The van der Waals surface area contributed by atoms with Gasteiger partial charge >= 0.3 is 0 Å². The lowest BCUT2D eigenvalue weighted by atomic mass is 10.0. The maximum Gasteiger partial charge on any atom is 0.0798 e. The molecule has 102 valence electrons. The monoisotopic (exact) mass is 274 g/mol. The van der Waals surface area contributed by atoms with Crippen LogP contribution in [0.3, 0.4) is 0 Å². The molecule has 0 amide bonds. The zero-order chi connectivity index (χ0) is 13.7.